The van der Waals surface area contributed by atoms with Crippen LogP contribution in [0.2, 0.25) is 5.02 Å². The number of aliphatic imine (C=N–C) groups is 1. The number of amides is 1. The standard InChI is InChI=1S/C24H29ClFN7O2S/c1-13-19(31-18-10-7-14(25)12-33(13)18)21(34)30-17-9-8-15(26)20(29-17)24(4)16-6-5-11-28-36(16,35)23(2,3)22(27)32-24/h7-10,12,16,28,35H,5-6,11H2,1-4H3,(H2,27,32)(H,29,30,34)/t16-,24+/m1/s1. The molecular weight excluding hydrogens is 505 g/mol. The average Bonchev–Trinajstić information content (AvgIpc) is 3.15. The van der Waals surface area contributed by atoms with E-state index in [0.717, 1.165) is 6.42 Å². The molecule has 1 fully saturated rings. The maximum absolute atomic E-state index is 15.3. The number of pyridine rings is 2. The fraction of sp³-hybridized carbons (Fsp3) is 0.417. The van der Waals surface area contributed by atoms with Crippen molar-refractivity contribution in [3.63, 3.8) is 0 Å². The van der Waals surface area contributed by atoms with E-state index in [9.17, 15) is 9.35 Å². The number of imidazole rings is 1. The van der Waals surface area contributed by atoms with Crippen LogP contribution in [0, 0.1) is 12.7 Å². The highest BCUT2D eigenvalue weighted by Crippen LogP contribution is 2.66. The molecule has 12 heteroatoms. The van der Waals surface area contributed by atoms with Gasteiger partial charge in [0.15, 0.2) is 5.69 Å². The normalized spacial score (nSPS) is 29.2. The maximum atomic E-state index is 15.3. The monoisotopic (exact) mass is 533 g/mol. The number of nitrogens with two attached hydrogens (primary N) is 1. The summed E-state index contributed by atoms with van der Waals surface area (Å²) < 4.78 is 31.4. The number of amidine groups is 1. The summed E-state index contributed by atoms with van der Waals surface area (Å²) >= 11 is 6.08. The Morgan fingerprint density at radius 1 is 1.31 bits per heavy atom. The molecule has 2 aliphatic heterocycles. The number of rotatable bonds is 3. The Kier molecular flexibility index (Phi) is 5.82. The Hall–Kier alpha value is -2.73. The summed E-state index contributed by atoms with van der Waals surface area (Å²) in [6, 6.07) is 6.05. The first-order valence-corrected chi connectivity index (χ1v) is 13.7. The molecule has 9 nitrogen and oxygen atoms in total. The van der Waals surface area contributed by atoms with Crippen LogP contribution >= 0.6 is 22.1 Å². The summed E-state index contributed by atoms with van der Waals surface area (Å²) in [5.74, 6) is -0.690. The van der Waals surface area contributed by atoms with E-state index in [4.69, 9.17) is 22.3 Å². The molecule has 5 heterocycles. The highest BCUT2D eigenvalue weighted by Gasteiger charge is 2.60. The number of aryl methyl sites for hydroxylation is 1. The van der Waals surface area contributed by atoms with Gasteiger partial charge in [-0.25, -0.2) is 14.4 Å². The Balaban J connectivity index is 1.54. The quantitative estimate of drug-likeness (QED) is 0.395. The van der Waals surface area contributed by atoms with E-state index in [1.165, 1.54) is 12.1 Å². The van der Waals surface area contributed by atoms with Crippen LogP contribution in [-0.4, -0.2) is 47.2 Å². The minimum atomic E-state index is -2.51. The lowest BCUT2D eigenvalue weighted by Crippen LogP contribution is -2.62. The molecule has 5 rings (SSSR count). The van der Waals surface area contributed by atoms with Gasteiger partial charge in [-0.2, -0.15) is 0 Å². The second kappa shape index (κ2) is 8.41. The first-order chi connectivity index (χ1) is 16.9. The van der Waals surface area contributed by atoms with Crippen molar-refractivity contribution in [1.82, 2.24) is 19.1 Å². The summed E-state index contributed by atoms with van der Waals surface area (Å²) in [5.41, 5.74) is 6.54. The molecule has 0 bridgehead atoms. The third-order valence-corrected chi connectivity index (χ3v) is 11.5. The van der Waals surface area contributed by atoms with Crippen LogP contribution in [0.4, 0.5) is 10.2 Å². The summed E-state index contributed by atoms with van der Waals surface area (Å²) in [4.78, 5) is 26.7. The smallest absolute Gasteiger partial charge is 0.277 e. The van der Waals surface area contributed by atoms with Gasteiger partial charge < -0.3 is 20.0 Å². The fourth-order valence-corrected chi connectivity index (χ4v) is 8.74. The Morgan fingerprint density at radius 2 is 2.06 bits per heavy atom. The van der Waals surface area contributed by atoms with E-state index in [-0.39, 0.29) is 23.0 Å². The number of fused-ring (bicyclic) bond motifs is 2. The zero-order chi connectivity index (χ0) is 26.0. The van der Waals surface area contributed by atoms with E-state index in [1.54, 1.807) is 36.6 Å². The van der Waals surface area contributed by atoms with Crippen LogP contribution in [0.3, 0.4) is 0 Å². The van der Waals surface area contributed by atoms with Gasteiger partial charge in [-0.1, -0.05) is 22.1 Å². The molecule has 0 saturated carbocycles. The predicted octanol–water partition coefficient (Wildman–Crippen LogP) is 4.39. The van der Waals surface area contributed by atoms with E-state index in [0.29, 0.717) is 29.3 Å². The molecule has 0 aliphatic carbocycles. The van der Waals surface area contributed by atoms with Gasteiger partial charge in [0.25, 0.3) is 5.91 Å². The van der Waals surface area contributed by atoms with Gasteiger partial charge in [-0.15, -0.1) is 0 Å². The zero-order valence-corrected chi connectivity index (χ0v) is 22.0. The molecule has 0 spiro atoms. The van der Waals surface area contributed by atoms with Gasteiger partial charge in [0.1, 0.15) is 34.4 Å². The summed E-state index contributed by atoms with van der Waals surface area (Å²) in [7, 11) is -2.51. The van der Waals surface area contributed by atoms with Gasteiger partial charge in [-0.05, 0) is 64.8 Å². The van der Waals surface area contributed by atoms with Crippen molar-refractivity contribution >= 4 is 45.3 Å². The number of carbonyl (C=O) groups is 1. The number of halogens is 2. The Morgan fingerprint density at radius 3 is 2.81 bits per heavy atom. The van der Waals surface area contributed by atoms with Crippen molar-refractivity contribution in [3.8, 4) is 0 Å². The maximum Gasteiger partial charge on any atom is 0.277 e. The molecule has 3 aromatic rings. The molecule has 1 saturated heterocycles. The van der Waals surface area contributed by atoms with Crippen LogP contribution in [0.1, 0.15) is 55.5 Å². The average molecular weight is 534 g/mol. The van der Waals surface area contributed by atoms with Crippen LogP contribution in [0.5, 0.6) is 0 Å². The van der Waals surface area contributed by atoms with Crippen molar-refractivity contribution < 1.29 is 13.7 Å². The van der Waals surface area contributed by atoms with Crippen LogP contribution in [0.25, 0.3) is 5.65 Å². The summed E-state index contributed by atoms with van der Waals surface area (Å²) in [6.07, 6.45) is 3.12. The lowest BCUT2D eigenvalue weighted by atomic mass is 9.89. The van der Waals surface area contributed by atoms with Crippen molar-refractivity contribution in [1.29, 1.82) is 0 Å². The minimum Gasteiger partial charge on any atom is -0.386 e. The predicted molar refractivity (Wildman–Crippen MR) is 141 cm³/mol. The molecule has 1 unspecified atom stereocenters. The SMILES string of the molecule is Cc1c(C(=O)Nc2ccc(F)c([C@@]3(C)N=C(N)C(C)(C)S4(O)NCCC[C@H]34)n2)nc2ccc(Cl)cn12. The highest BCUT2D eigenvalue weighted by molar-refractivity contribution is 8.29. The fourth-order valence-electron chi connectivity index (χ4n) is 5.15. The number of carbonyl (C=O) groups excluding carboxylic acids is 1. The number of hydrogen-bond acceptors (Lipinski definition) is 7. The lowest BCUT2D eigenvalue weighted by Gasteiger charge is -2.61. The van der Waals surface area contributed by atoms with E-state index in [1.807, 2.05) is 13.8 Å². The number of anilines is 1. The molecule has 5 N–H and O–H groups in total. The van der Waals surface area contributed by atoms with E-state index >= 15 is 4.39 Å². The first kappa shape index (κ1) is 24.9. The molecule has 3 atom stereocenters. The lowest BCUT2D eigenvalue weighted by molar-refractivity contribution is 0.102. The molecule has 3 aromatic heterocycles. The van der Waals surface area contributed by atoms with Gasteiger partial charge in [-0.3, -0.25) is 14.5 Å². The van der Waals surface area contributed by atoms with Crippen molar-refractivity contribution in [3.05, 3.63) is 58.4 Å². The van der Waals surface area contributed by atoms with E-state index < -0.39 is 37.8 Å². The number of nitrogens with zero attached hydrogens (tertiary/aromatic N) is 4. The molecule has 2 aliphatic rings. The number of hydrogen-bond donors (Lipinski definition) is 4. The molecule has 0 aromatic carbocycles. The van der Waals surface area contributed by atoms with Crippen LogP contribution < -0.4 is 15.8 Å². The largest absolute Gasteiger partial charge is 0.386 e. The summed E-state index contributed by atoms with van der Waals surface area (Å²) in [6.45, 7) is 7.87. The molecular formula is C24H29ClFN7O2S. The number of aromatic nitrogens is 3. The van der Waals surface area contributed by atoms with Gasteiger partial charge in [0, 0.05) is 12.7 Å². The Labute approximate surface area is 215 Å². The van der Waals surface area contributed by atoms with Crippen molar-refractivity contribution in [2.24, 2.45) is 10.7 Å². The molecule has 36 heavy (non-hydrogen) atoms. The van der Waals surface area contributed by atoms with Gasteiger partial charge in [0.2, 0.25) is 0 Å². The molecule has 192 valence electrons. The van der Waals surface area contributed by atoms with Crippen molar-refractivity contribution in [2.45, 2.75) is 56.1 Å². The van der Waals surface area contributed by atoms with Gasteiger partial charge in [0.05, 0.1) is 20.7 Å². The molecule has 0 radical (unpaired) electrons. The molecule has 1 amide bonds. The van der Waals surface area contributed by atoms with E-state index in [2.05, 4.69) is 20.0 Å². The second-order valence-corrected chi connectivity index (χ2v) is 13.5. The second-order valence-electron chi connectivity index (χ2n) is 9.91. The number of nitrogens with one attached hydrogen (secondary N) is 2. The third kappa shape index (κ3) is 3.60. The van der Waals surface area contributed by atoms with Crippen LogP contribution in [-0.2, 0) is 5.54 Å². The summed E-state index contributed by atoms with van der Waals surface area (Å²) in [5, 5.41) is 2.83. The Bertz CT molecular complexity index is 1430. The zero-order valence-electron chi connectivity index (χ0n) is 20.5. The third-order valence-electron chi connectivity index (χ3n) is 7.35. The topological polar surface area (TPSA) is 130 Å². The van der Waals surface area contributed by atoms with Crippen LogP contribution in [0.15, 0.2) is 35.5 Å². The highest BCUT2D eigenvalue weighted by atomic mass is 35.5. The first-order valence-electron chi connectivity index (χ1n) is 11.7. The van der Waals surface area contributed by atoms with Crippen molar-refractivity contribution in [2.75, 3.05) is 11.9 Å². The minimum absolute atomic E-state index is 0.0249. The van der Waals surface area contributed by atoms with Gasteiger partial charge >= 0.3 is 0 Å².